The Kier molecular flexibility index (Phi) is 2.82. The molecule has 0 aromatic carbocycles. The smallest absolute Gasteiger partial charge is 0.344 e. The van der Waals surface area contributed by atoms with Crippen LogP contribution >= 0.6 is 11.6 Å². The van der Waals surface area contributed by atoms with Gasteiger partial charge in [0.05, 0.1) is 11.5 Å². The molecule has 17 heavy (non-hydrogen) atoms. The van der Waals surface area contributed by atoms with Crippen molar-refractivity contribution >= 4 is 23.1 Å². The van der Waals surface area contributed by atoms with Gasteiger partial charge in [-0.3, -0.25) is 10.1 Å². The van der Waals surface area contributed by atoms with Gasteiger partial charge in [-0.05, 0) is 0 Å². The molecule has 0 saturated carbocycles. The van der Waals surface area contributed by atoms with Crippen molar-refractivity contribution in [2.75, 3.05) is 18.0 Å². The highest BCUT2D eigenvalue weighted by Crippen LogP contribution is 2.36. The first kappa shape index (κ1) is 11.9. The number of anilines is 1. The first-order valence-corrected chi connectivity index (χ1v) is 5.06. The van der Waals surface area contributed by atoms with E-state index in [-0.39, 0.29) is 23.9 Å². The van der Waals surface area contributed by atoms with Crippen LogP contribution in [-0.2, 0) is 0 Å². The van der Waals surface area contributed by atoms with Crippen LogP contribution in [0.5, 0.6) is 0 Å². The quantitative estimate of drug-likeness (QED) is 0.463. The predicted octanol–water partition coefficient (Wildman–Crippen LogP) is 1.88. The first-order chi connectivity index (χ1) is 7.91. The van der Waals surface area contributed by atoms with Crippen molar-refractivity contribution in [1.29, 1.82) is 0 Å². The van der Waals surface area contributed by atoms with Gasteiger partial charge in [0, 0.05) is 13.0 Å². The van der Waals surface area contributed by atoms with Gasteiger partial charge in [-0.1, -0.05) is 11.6 Å². The lowest BCUT2D eigenvalue weighted by Crippen LogP contribution is -2.26. The molecule has 1 aromatic heterocycles. The third-order valence-electron chi connectivity index (χ3n) is 2.41. The van der Waals surface area contributed by atoms with Crippen molar-refractivity contribution in [3.63, 3.8) is 0 Å². The van der Waals surface area contributed by atoms with E-state index in [0.717, 1.165) is 11.2 Å². The molecule has 6 nitrogen and oxygen atoms in total. The summed E-state index contributed by atoms with van der Waals surface area (Å²) >= 11 is 5.57. The molecule has 9 heteroatoms. The molecule has 1 aliphatic rings. The number of hydrogen-bond donors (Lipinski definition) is 0. The molecule has 0 spiro atoms. The van der Waals surface area contributed by atoms with E-state index in [9.17, 15) is 18.9 Å². The molecule has 1 fully saturated rings. The Morgan fingerprint density at radius 3 is 2.76 bits per heavy atom. The fraction of sp³-hybridized carbons (Fsp3) is 0.500. The summed E-state index contributed by atoms with van der Waals surface area (Å²) in [6, 6.07) is 0. The zero-order valence-electron chi connectivity index (χ0n) is 8.44. The van der Waals surface area contributed by atoms with Gasteiger partial charge < -0.3 is 4.90 Å². The lowest BCUT2D eigenvalue weighted by atomic mass is 10.3. The number of rotatable bonds is 2. The van der Waals surface area contributed by atoms with E-state index in [0.29, 0.717) is 0 Å². The summed E-state index contributed by atoms with van der Waals surface area (Å²) in [6.45, 7) is -0.595. The van der Waals surface area contributed by atoms with Crippen molar-refractivity contribution in [1.82, 2.24) is 9.97 Å². The van der Waals surface area contributed by atoms with Crippen LogP contribution in [0.15, 0.2) is 6.33 Å². The third-order valence-corrected chi connectivity index (χ3v) is 2.69. The number of hydrogen-bond acceptors (Lipinski definition) is 5. The summed E-state index contributed by atoms with van der Waals surface area (Å²) in [4.78, 5) is 18.3. The minimum Gasteiger partial charge on any atom is -0.344 e. The maximum absolute atomic E-state index is 13.0. The Labute approximate surface area is 99.4 Å². The Morgan fingerprint density at radius 2 is 2.24 bits per heavy atom. The standard InChI is InChI=1S/C8H7ClF2N4O2/c9-6-5(15(16)17)7(13-4-12-6)14-2-1-8(10,11)3-14/h4H,1-3H2. The molecule has 1 saturated heterocycles. The maximum atomic E-state index is 13.0. The van der Waals surface area contributed by atoms with Crippen LogP contribution in [0.1, 0.15) is 6.42 Å². The molecular weight excluding hydrogens is 258 g/mol. The van der Waals surface area contributed by atoms with E-state index < -0.39 is 23.1 Å². The van der Waals surface area contributed by atoms with Crippen molar-refractivity contribution in [2.24, 2.45) is 0 Å². The minimum atomic E-state index is -2.86. The van der Waals surface area contributed by atoms with Crippen LogP contribution in [0.25, 0.3) is 0 Å². The average molecular weight is 265 g/mol. The van der Waals surface area contributed by atoms with Crippen molar-refractivity contribution in [3.8, 4) is 0 Å². The fourth-order valence-corrected chi connectivity index (χ4v) is 1.85. The molecule has 0 unspecified atom stereocenters. The second-order valence-electron chi connectivity index (χ2n) is 3.62. The van der Waals surface area contributed by atoms with E-state index in [4.69, 9.17) is 11.6 Å². The molecule has 1 aliphatic heterocycles. The zero-order valence-corrected chi connectivity index (χ0v) is 9.19. The molecule has 0 radical (unpaired) electrons. The lowest BCUT2D eigenvalue weighted by Gasteiger charge is -2.16. The molecule has 2 rings (SSSR count). The summed E-state index contributed by atoms with van der Waals surface area (Å²) in [5.74, 6) is -3.02. The van der Waals surface area contributed by atoms with Crippen molar-refractivity contribution < 1.29 is 13.7 Å². The highest BCUT2D eigenvalue weighted by atomic mass is 35.5. The van der Waals surface area contributed by atoms with Gasteiger partial charge in [0.25, 0.3) is 5.92 Å². The van der Waals surface area contributed by atoms with Crippen LogP contribution in [-0.4, -0.2) is 33.9 Å². The molecule has 1 aromatic rings. The Bertz CT molecular complexity index is 471. The number of nitro groups is 1. The van der Waals surface area contributed by atoms with Crippen LogP contribution in [0.2, 0.25) is 5.15 Å². The van der Waals surface area contributed by atoms with E-state index in [1.54, 1.807) is 0 Å². The molecule has 0 N–H and O–H groups in total. The lowest BCUT2D eigenvalue weighted by molar-refractivity contribution is -0.384. The normalized spacial score (nSPS) is 18.4. The molecule has 0 amide bonds. The summed E-state index contributed by atoms with van der Waals surface area (Å²) in [7, 11) is 0. The molecular formula is C8H7ClF2N4O2. The highest BCUT2D eigenvalue weighted by Gasteiger charge is 2.41. The highest BCUT2D eigenvalue weighted by molar-refractivity contribution is 6.31. The van der Waals surface area contributed by atoms with Gasteiger partial charge in [-0.2, -0.15) is 0 Å². The van der Waals surface area contributed by atoms with Crippen LogP contribution < -0.4 is 4.90 Å². The van der Waals surface area contributed by atoms with E-state index in [1.807, 2.05) is 0 Å². The maximum Gasteiger partial charge on any atom is 0.348 e. The topological polar surface area (TPSA) is 72.2 Å². The Morgan fingerprint density at radius 1 is 1.53 bits per heavy atom. The van der Waals surface area contributed by atoms with E-state index in [1.165, 1.54) is 0 Å². The second-order valence-corrected chi connectivity index (χ2v) is 3.98. The number of nitrogens with zero attached hydrogens (tertiary/aromatic N) is 4. The van der Waals surface area contributed by atoms with Crippen LogP contribution in [0.3, 0.4) is 0 Å². The van der Waals surface area contributed by atoms with Crippen molar-refractivity contribution in [2.45, 2.75) is 12.3 Å². The largest absolute Gasteiger partial charge is 0.348 e. The zero-order chi connectivity index (χ0) is 12.6. The summed E-state index contributed by atoms with van der Waals surface area (Å²) in [5, 5.41) is 10.4. The van der Waals surface area contributed by atoms with Gasteiger partial charge in [0.1, 0.15) is 6.33 Å². The molecule has 0 atom stereocenters. The van der Waals surface area contributed by atoms with E-state index >= 15 is 0 Å². The van der Waals surface area contributed by atoms with Crippen LogP contribution in [0, 0.1) is 10.1 Å². The Hall–Kier alpha value is -1.57. The average Bonchev–Trinajstić information content (AvgIpc) is 2.57. The predicted molar refractivity (Wildman–Crippen MR) is 55.5 cm³/mol. The van der Waals surface area contributed by atoms with Gasteiger partial charge >= 0.3 is 5.69 Å². The minimum absolute atomic E-state index is 0.00117. The second kappa shape index (κ2) is 4.02. The Balaban J connectivity index is 2.40. The van der Waals surface area contributed by atoms with Gasteiger partial charge in [-0.25, -0.2) is 18.7 Å². The monoisotopic (exact) mass is 264 g/mol. The van der Waals surface area contributed by atoms with Gasteiger partial charge in [-0.15, -0.1) is 0 Å². The number of alkyl halides is 2. The number of halogens is 3. The van der Waals surface area contributed by atoms with Gasteiger partial charge in [0.15, 0.2) is 0 Å². The summed E-state index contributed by atoms with van der Waals surface area (Å²) in [6.07, 6.45) is 0.660. The molecule has 0 bridgehead atoms. The third kappa shape index (κ3) is 2.26. The number of aromatic nitrogens is 2. The molecule has 0 aliphatic carbocycles. The van der Waals surface area contributed by atoms with E-state index in [2.05, 4.69) is 9.97 Å². The molecule has 2 heterocycles. The molecule has 92 valence electrons. The first-order valence-electron chi connectivity index (χ1n) is 4.68. The fourth-order valence-electron chi connectivity index (χ4n) is 1.65. The van der Waals surface area contributed by atoms with Gasteiger partial charge in [0.2, 0.25) is 11.0 Å². The SMILES string of the molecule is O=[N+]([O-])c1c(Cl)ncnc1N1CCC(F)(F)C1. The van der Waals surface area contributed by atoms with Crippen LogP contribution in [0.4, 0.5) is 20.3 Å². The summed E-state index contributed by atoms with van der Waals surface area (Å²) < 4.78 is 26.1. The van der Waals surface area contributed by atoms with Crippen molar-refractivity contribution in [3.05, 3.63) is 21.6 Å². The summed E-state index contributed by atoms with van der Waals surface area (Å²) in [5.41, 5.74) is -0.535.